The van der Waals surface area contributed by atoms with E-state index < -0.39 is 0 Å². The van der Waals surface area contributed by atoms with E-state index in [1.54, 1.807) is 12.3 Å². The van der Waals surface area contributed by atoms with E-state index in [0.29, 0.717) is 11.7 Å². The number of allylic oxidation sites excluding steroid dienone is 4. The zero-order chi connectivity index (χ0) is 24.9. The van der Waals surface area contributed by atoms with Crippen LogP contribution in [0, 0.1) is 17.8 Å². The third-order valence-electron chi connectivity index (χ3n) is 6.74. The summed E-state index contributed by atoms with van der Waals surface area (Å²) >= 11 is 1.88. The van der Waals surface area contributed by atoms with Crippen LogP contribution in [0.2, 0.25) is 0 Å². The summed E-state index contributed by atoms with van der Waals surface area (Å²) in [5.74, 6) is 2.92. The fourth-order valence-electron chi connectivity index (χ4n) is 3.77. The van der Waals surface area contributed by atoms with Crippen molar-refractivity contribution in [2.24, 2.45) is 22.7 Å². The van der Waals surface area contributed by atoms with Crippen molar-refractivity contribution in [3.05, 3.63) is 60.7 Å². The molecule has 2 aliphatic carbocycles. The summed E-state index contributed by atoms with van der Waals surface area (Å²) in [6.07, 6.45) is 17.3. The number of aliphatic imine (C=N–C) groups is 1. The van der Waals surface area contributed by atoms with Crippen LogP contribution in [0.1, 0.15) is 59.8 Å². The van der Waals surface area contributed by atoms with Gasteiger partial charge in [0.2, 0.25) is 0 Å². The molecule has 4 N–H and O–H groups in total. The van der Waals surface area contributed by atoms with Crippen LogP contribution in [-0.2, 0) is 0 Å². The highest BCUT2D eigenvalue weighted by Crippen LogP contribution is 2.34. The van der Waals surface area contributed by atoms with E-state index >= 15 is 0 Å². The molecule has 0 saturated heterocycles. The molecule has 0 spiro atoms. The third kappa shape index (κ3) is 10.2. The molecule has 0 aliphatic heterocycles. The summed E-state index contributed by atoms with van der Waals surface area (Å²) in [5.41, 5.74) is 9.51. The topological polar surface area (TPSA) is 68.7 Å². The van der Waals surface area contributed by atoms with E-state index in [1.165, 1.54) is 18.4 Å². The number of rotatable bonds is 17. The Morgan fingerprint density at radius 1 is 1.35 bits per heavy atom. The Bertz CT molecular complexity index is 768. The Hall–Kier alpha value is -1.76. The smallest absolute Gasteiger partial charge is 0.0964 e. The van der Waals surface area contributed by atoms with Gasteiger partial charge in [-0.05, 0) is 43.3 Å². The number of nitrogens with one attached hydrogen (secondary N) is 3. The molecule has 190 valence electrons. The fourth-order valence-corrected chi connectivity index (χ4v) is 5.06. The van der Waals surface area contributed by atoms with Crippen LogP contribution in [0.4, 0.5) is 0 Å². The first-order valence-electron chi connectivity index (χ1n) is 12.8. The molecule has 0 radical (unpaired) electrons. The van der Waals surface area contributed by atoms with Gasteiger partial charge in [-0.15, -0.1) is 0 Å². The number of aliphatic hydroxyl groups is 1. The number of aliphatic hydroxyl groups excluding tert-OH is 1. The Labute approximate surface area is 212 Å². The van der Waals surface area contributed by atoms with Gasteiger partial charge in [0, 0.05) is 47.6 Å². The number of hydrazine groups is 1. The van der Waals surface area contributed by atoms with Crippen molar-refractivity contribution >= 4 is 18.0 Å². The molecule has 0 amide bonds. The SMILES string of the molecule is C=CN=C/C(=C\C)C[C@H](CSC1C=CC=C(O)C1C)NNC(CC1CC1)C(=C)NCC(C)CC. The second-order valence-corrected chi connectivity index (χ2v) is 10.9. The van der Waals surface area contributed by atoms with Crippen molar-refractivity contribution in [3.8, 4) is 0 Å². The molecule has 2 aliphatic rings. The summed E-state index contributed by atoms with van der Waals surface area (Å²) in [4.78, 5) is 4.23. The maximum absolute atomic E-state index is 10.1. The maximum Gasteiger partial charge on any atom is 0.0964 e. The molecule has 2 rings (SSSR count). The number of hydrogen-bond donors (Lipinski definition) is 4. The lowest BCUT2D eigenvalue weighted by atomic mass is 10.0. The first kappa shape index (κ1) is 28.5. The molecule has 0 heterocycles. The minimum absolute atomic E-state index is 0.124. The second kappa shape index (κ2) is 15.3. The van der Waals surface area contributed by atoms with E-state index in [-0.39, 0.29) is 23.3 Å². The summed E-state index contributed by atoms with van der Waals surface area (Å²) in [6.45, 7) is 17.7. The van der Waals surface area contributed by atoms with Gasteiger partial charge in [0.15, 0.2) is 0 Å². The van der Waals surface area contributed by atoms with Crippen molar-refractivity contribution in [3.63, 3.8) is 0 Å². The molecule has 0 aromatic carbocycles. The van der Waals surface area contributed by atoms with Crippen molar-refractivity contribution in [2.75, 3.05) is 12.3 Å². The molecule has 5 atom stereocenters. The van der Waals surface area contributed by atoms with Crippen LogP contribution in [-0.4, -0.2) is 41.0 Å². The first-order valence-corrected chi connectivity index (χ1v) is 13.8. The Balaban J connectivity index is 2.02. The quantitative estimate of drug-likeness (QED) is 0.148. The zero-order valence-electron chi connectivity index (χ0n) is 21.6. The van der Waals surface area contributed by atoms with Crippen LogP contribution >= 0.6 is 11.8 Å². The third-order valence-corrected chi connectivity index (χ3v) is 8.28. The molecular weight excluding hydrogens is 440 g/mol. The molecule has 34 heavy (non-hydrogen) atoms. The van der Waals surface area contributed by atoms with Gasteiger partial charge in [-0.25, -0.2) is 5.43 Å². The van der Waals surface area contributed by atoms with Gasteiger partial charge in [-0.2, -0.15) is 11.8 Å². The van der Waals surface area contributed by atoms with Gasteiger partial charge in [-0.1, -0.05) is 71.4 Å². The van der Waals surface area contributed by atoms with E-state index in [4.69, 9.17) is 0 Å². The molecule has 1 fully saturated rings. The van der Waals surface area contributed by atoms with Crippen molar-refractivity contribution in [1.82, 2.24) is 16.2 Å². The number of hydrogen-bond acceptors (Lipinski definition) is 6. The Kier molecular flexibility index (Phi) is 12.8. The largest absolute Gasteiger partial charge is 0.512 e. The predicted octanol–water partition coefficient (Wildman–Crippen LogP) is 6.07. The first-order chi connectivity index (χ1) is 16.4. The molecular formula is C28H46N4OS. The summed E-state index contributed by atoms with van der Waals surface area (Å²) in [5, 5.41) is 14.0. The number of nitrogens with zero attached hydrogens (tertiary/aromatic N) is 1. The van der Waals surface area contributed by atoms with E-state index in [9.17, 15) is 5.11 Å². The highest BCUT2D eigenvalue weighted by molar-refractivity contribution is 8.00. The van der Waals surface area contributed by atoms with Gasteiger partial charge in [0.25, 0.3) is 0 Å². The monoisotopic (exact) mass is 486 g/mol. The highest BCUT2D eigenvalue weighted by atomic mass is 32.2. The molecule has 0 aromatic rings. The molecule has 4 unspecified atom stereocenters. The van der Waals surface area contributed by atoms with Crippen LogP contribution in [0.25, 0.3) is 0 Å². The fraction of sp³-hybridized carbons (Fsp3) is 0.607. The van der Waals surface area contributed by atoms with Crippen LogP contribution in [0.5, 0.6) is 0 Å². The highest BCUT2D eigenvalue weighted by Gasteiger charge is 2.28. The standard InChI is InChI=1S/C28H46N4OS/c1-7-20(4)17-30-22(6)26(16-24-13-14-24)32-31-25(15-23(8-2)18-29-9-3)19-34-28-12-10-11-27(33)21(28)5/h8-12,18,20-21,24-26,28,30-33H,3,6-7,13-17,19H2,1-2,4-5H3/b23-8-,29-18?/t20?,21?,25-,26?,28?/m1/s1. The molecule has 5 nitrogen and oxygen atoms in total. The lowest BCUT2D eigenvalue weighted by Gasteiger charge is -2.29. The predicted molar refractivity (Wildman–Crippen MR) is 150 cm³/mol. The van der Waals surface area contributed by atoms with Gasteiger partial charge < -0.3 is 10.4 Å². The molecule has 6 heteroatoms. The number of thioether (sulfide) groups is 1. The molecule has 0 bridgehead atoms. The normalized spacial score (nSPS) is 23.4. The zero-order valence-corrected chi connectivity index (χ0v) is 22.4. The van der Waals surface area contributed by atoms with E-state index in [1.807, 2.05) is 31.0 Å². The van der Waals surface area contributed by atoms with Crippen molar-refractivity contribution < 1.29 is 5.11 Å². The van der Waals surface area contributed by atoms with E-state index in [2.05, 4.69) is 67.2 Å². The maximum atomic E-state index is 10.1. The Morgan fingerprint density at radius 3 is 2.76 bits per heavy atom. The van der Waals surface area contributed by atoms with E-state index in [0.717, 1.165) is 43.2 Å². The lowest BCUT2D eigenvalue weighted by molar-refractivity contribution is 0.341. The Morgan fingerprint density at radius 2 is 2.12 bits per heavy atom. The summed E-state index contributed by atoms with van der Waals surface area (Å²) < 4.78 is 0. The van der Waals surface area contributed by atoms with Crippen molar-refractivity contribution in [1.29, 1.82) is 0 Å². The van der Waals surface area contributed by atoms with Gasteiger partial charge >= 0.3 is 0 Å². The second-order valence-electron chi connectivity index (χ2n) is 9.73. The van der Waals surface area contributed by atoms with Gasteiger partial charge in [-0.3, -0.25) is 10.4 Å². The average Bonchev–Trinajstić information content (AvgIpc) is 3.66. The average molecular weight is 487 g/mol. The molecule has 0 aromatic heterocycles. The van der Waals surface area contributed by atoms with Gasteiger partial charge in [0.1, 0.15) is 0 Å². The van der Waals surface area contributed by atoms with Crippen LogP contribution < -0.4 is 16.2 Å². The van der Waals surface area contributed by atoms with Gasteiger partial charge in [0.05, 0.1) is 11.8 Å². The van der Waals surface area contributed by atoms with Crippen LogP contribution in [0.15, 0.2) is 65.7 Å². The summed E-state index contributed by atoms with van der Waals surface area (Å²) in [7, 11) is 0. The van der Waals surface area contributed by atoms with Crippen LogP contribution in [0.3, 0.4) is 0 Å². The van der Waals surface area contributed by atoms with Crippen molar-refractivity contribution in [2.45, 2.75) is 77.1 Å². The summed E-state index contributed by atoms with van der Waals surface area (Å²) in [6, 6.07) is 0.394. The minimum Gasteiger partial charge on any atom is -0.512 e. The molecule has 1 saturated carbocycles. The lowest BCUT2D eigenvalue weighted by Crippen LogP contribution is -2.50. The minimum atomic E-state index is 0.124.